The molecule has 0 unspecified atom stereocenters. The molecule has 3 aromatic rings. The van der Waals surface area contributed by atoms with E-state index < -0.39 is 20.2 Å². The molecule has 0 bridgehead atoms. The molecule has 0 radical (unpaired) electrons. The van der Waals surface area contributed by atoms with E-state index in [1.165, 1.54) is 24.3 Å². The number of rotatable bonds is 2. The quantitative estimate of drug-likeness (QED) is 0.355. The van der Waals surface area contributed by atoms with E-state index in [0.29, 0.717) is 10.8 Å². The first-order chi connectivity index (χ1) is 10.2. The molecule has 12 heteroatoms. The van der Waals surface area contributed by atoms with Crippen LogP contribution in [0.2, 0.25) is 0 Å². The van der Waals surface area contributed by atoms with Gasteiger partial charge in [0.1, 0.15) is 0 Å². The summed E-state index contributed by atoms with van der Waals surface area (Å²) < 4.78 is 62.5. The molecule has 8 nitrogen and oxygen atoms in total. The Morgan fingerprint density at radius 3 is 1.29 bits per heavy atom. The van der Waals surface area contributed by atoms with Gasteiger partial charge < -0.3 is 0 Å². The van der Waals surface area contributed by atoms with Gasteiger partial charge in [0.15, 0.2) is 0 Å². The van der Waals surface area contributed by atoms with Gasteiger partial charge in [0.2, 0.25) is 0 Å². The molecule has 1 heterocycles. The van der Waals surface area contributed by atoms with Gasteiger partial charge >= 0.3 is 59.1 Å². The molecule has 2 N–H and O–H groups in total. The van der Waals surface area contributed by atoms with E-state index >= 15 is 0 Å². The summed E-state index contributed by atoms with van der Waals surface area (Å²) in [6, 6.07) is 7.59. The summed E-state index contributed by atoms with van der Waals surface area (Å²) in [5.41, 5.74) is 0.449. The Labute approximate surface area is 181 Å². The summed E-state index contributed by atoms with van der Waals surface area (Å²) in [5.74, 6) is 0. The average Bonchev–Trinajstić information content (AvgIpc) is 2.44. The first kappa shape index (κ1) is 21.9. The van der Waals surface area contributed by atoms with Crippen LogP contribution in [0.1, 0.15) is 0 Å². The number of hydrogen-bond donors (Lipinski definition) is 2. The summed E-state index contributed by atoms with van der Waals surface area (Å²) in [4.78, 5) is -0.633. The van der Waals surface area contributed by atoms with E-state index in [4.69, 9.17) is 9.11 Å². The maximum absolute atomic E-state index is 11.1. The molecule has 0 amide bonds. The number of aromatic nitrogens is 2. The summed E-state index contributed by atoms with van der Waals surface area (Å²) in [6.45, 7) is 0. The predicted molar refractivity (Wildman–Crippen MR) is 91.0 cm³/mol. The summed E-state index contributed by atoms with van der Waals surface area (Å²) in [6.07, 6.45) is 0. The summed E-state index contributed by atoms with van der Waals surface area (Å²) in [7, 11) is -8.71. The van der Waals surface area contributed by atoms with Gasteiger partial charge in [-0.3, -0.25) is 9.11 Å². The van der Waals surface area contributed by atoms with Crippen LogP contribution in [0.3, 0.4) is 0 Å². The topological polar surface area (TPSA) is 135 Å². The Hall–Kier alpha value is -0.140. The van der Waals surface area contributed by atoms with Crippen molar-refractivity contribution in [3.8, 4) is 0 Å². The van der Waals surface area contributed by atoms with Crippen LogP contribution < -0.4 is 0 Å². The normalized spacial score (nSPS) is 11.8. The third kappa shape index (κ3) is 4.33. The van der Waals surface area contributed by atoms with Gasteiger partial charge in [0, 0.05) is 10.8 Å². The van der Waals surface area contributed by atoms with Crippen LogP contribution >= 0.6 is 0 Å². The van der Waals surface area contributed by atoms with Gasteiger partial charge in [-0.1, -0.05) is 12.1 Å². The Kier molecular flexibility index (Phi) is 6.95. The second-order valence-corrected chi connectivity index (χ2v) is 7.35. The molecule has 118 valence electrons. The molecule has 3 rings (SSSR count). The van der Waals surface area contributed by atoms with Crippen molar-refractivity contribution in [2.75, 3.05) is 0 Å². The maximum atomic E-state index is 11.1. The van der Waals surface area contributed by atoms with Gasteiger partial charge in [-0.25, -0.2) is 0 Å². The van der Waals surface area contributed by atoms with Crippen molar-refractivity contribution >= 4 is 101 Å². The molecule has 0 atom stereocenters. The number of benzene rings is 2. The van der Waals surface area contributed by atoms with Crippen LogP contribution in [0.5, 0.6) is 0 Å². The Bertz CT molecular complexity index is 1040. The van der Waals surface area contributed by atoms with E-state index in [-0.39, 0.29) is 79.9 Å². The third-order valence-corrected chi connectivity index (χ3v) is 4.79. The van der Waals surface area contributed by atoms with Crippen LogP contribution in [-0.2, 0) is 20.2 Å². The molecule has 0 saturated heterocycles. The second kappa shape index (κ2) is 7.62. The van der Waals surface area contributed by atoms with Gasteiger partial charge in [-0.2, -0.15) is 16.8 Å². The molecule has 1 aromatic heterocycles. The fraction of sp³-hybridized carbons (Fsp3) is 0. The van der Waals surface area contributed by atoms with Crippen LogP contribution in [0.25, 0.3) is 21.8 Å². The van der Waals surface area contributed by atoms with Crippen molar-refractivity contribution in [1.29, 1.82) is 0 Å². The standard InChI is InChI=1S/C12H8N2O6S2.2Na.2H/c15-21(16,17)7-1-3-9-10-4-2-8(22(18,19)20)6-12(10)14-13-11(9)5-7;;;;/h1-6H,(H,15,16,17)(H,18,19,20);;;;. The zero-order valence-corrected chi connectivity index (χ0v) is 12.3. The van der Waals surface area contributed by atoms with Crippen molar-refractivity contribution in [2.45, 2.75) is 9.79 Å². The SMILES string of the molecule is O=S(=O)(O)c1ccc2c(c1)nnc1cc(S(=O)(=O)O)ccc12.[NaH].[NaH]. The molecule has 0 aliphatic carbocycles. The zero-order valence-electron chi connectivity index (χ0n) is 10.7. The van der Waals surface area contributed by atoms with E-state index in [2.05, 4.69) is 10.2 Å². The predicted octanol–water partition coefficient (Wildman–Crippen LogP) is -0.0206. The Morgan fingerprint density at radius 1 is 0.667 bits per heavy atom. The van der Waals surface area contributed by atoms with Crippen molar-refractivity contribution < 1.29 is 25.9 Å². The fourth-order valence-electron chi connectivity index (χ4n) is 2.07. The van der Waals surface area contributed by atoms with E-state index in [0.717, 1.165) is 12.1 Å². The van der Waals surface area contributed by atoms with Crippen molar-refractivity contribution in [2.24, 2.45) is 0 Å². The minimum atomic E-state index is -4.35. The molecule has 24 heavy (non-hydrogen) atoms. The van der Waals surface area contributed by atoms with Crippen LogP contribution in [-0.4, -0.2) is 95.3 Å². The Morgan fingerprint density at radius 2 is 1.00 bits per heavy atom. The molecule has 0 spiro atoms. The van der Waals surface area contributed by atoms with E-state index in [1.807, 2.05) is 0 Å². The number of hydrogen-bond acceptors (Lipinski definition) is 6. The fourth-order valence-corrected chi connectivity index (χ4v) is 3.07. The molecule has 0 aliphatic rings. The van der Waals surface area contributed by atoms with Crippen LogP contribution in [0, 0.1) is 0 Å². The summed E-state index contributed by atoms with van der Waals surface area (Å²) in [5, 5.41) is 8.66. The van der Waals surface area contributed by atoms with E-state index in [1.54, 1.807) is 0 Å². The van der Waals surface area contributed by atoms with Crippen molar-refractivity contribution in [3.05, 3.63) is 36.4 Å². The first-order valence-electron chi connectivity index (χ1n) is 5.81. The zero-order chi connectivity index (χ0) is 16.1. The molecular weight excluding hydrogens is 378 g/mol. The second-order valence-electron chi connectivity index (χ2n) is 4.51. The number of nitrogens with zero attached hydrogens (tertiary/aromatic N) is 2. The van der Waals surface area contributed by atoms with Gasteiger partial charge in [0.05, 0.1) is 20.8 Å². The minimum absolute atomic E-state index is 0. The monoisotopic (exact) mass is 388 g/mol. The molecule has 0 saturated carbocycles. The Balaban J connectivity index is 0.00000144. The molecule has 0 aliphatic heterocycles. The average molecular weight is 388 g/mol. The van der Waals surface area contributed by atoms with Crippen LogP contribution in [0.15, 0.2) is 46.2 Å². The van der Waals surface area contributed by atoms with Crippen molar-refractivity contribution in [3.63, 3.8) is 0 Å². The molecule has 0 fully saturated rings. The summed E-state index contributed by atoms with van der Waals surface area (Å²) >= 11 is 0. The van der Waals surface area contributed by atoms with Gasteiger partial charge in [-0.15, -0.1) is 10.2 Å². The van der Waals surface area contributed by atoms with Crippen LogP contribution in [0.4, 0.5) is 0 Å². The molecular formula is C12H10N2Na2O6S2. The van der Waals surface area contributed by atoms with Gasteiger partial charge in [-0.05, 0) is 24.3 Å². The molecule has 2 aromatic carbocycles. The van der Waals surface area contributed by atoms with Gasteiger partial charge in [0.25, 0.3) is 20.2 Å². The van der Waals surface area contributed by atoms with Crippen molar-refractivity contribution in [1.82, 2.24) is 10.2 Å². The third-order valence-electron chi connectivity index (χ3n) is 3.09. The van der Waals surface area contributed by atoms with E-state index in [9.17, 15) is 16.8 Å². The first-order valence-corrected chi connectivity index (χ1v) is 8.69. The number of fused-ring (bicyclic) bond motifs is 3.